The van der Waals surface area contributed by atoms with Gasteiger partial charge in [0, 0.05) is 11.1 Å². The number of ether oxygens (including phenoxy) is 1. The molecule has 128 valence electrons. The number of carbonyl (C=O) groups excluding carboxylic acids is 1. The molecule has 0 saturated carbocycles. The lowest BCUT2D eigenvalue weighted by Gasteiger charge is -2.43. The van der Waals surface area contributed by atoms with Gasteiger partial charge in [-0.2, -0.15) is 0 Å². The Labute approximate surface area is 148 Å². The quantitative estimate of drug-likeness (QED) is 0.814. The van der Waals surface area contributed by atoms with Crippen molar-refractivity contribution in [2.75, 3.05) is 12.0 Å². The Bertz CT molecular complexity index is 884. The van der Waals surface area contributed by atoms with Crippen LogP contribution in [0.2, 0.25) is 0 Å². The second kappa shape index (κ2) is 5.45. The lowest BCUT2D eigenvalue weighted by molar-refractivity contribution is -0.113. The van der Waals surface area contributed by atoms with E-state index in [4.69, 9.17) is 4.74 Å². The monoisotopic (exact) mass is 334 g/mol. The highest BCUT2D eigenvalue weighted by Crippen LogP contribution is 2.50. The van der Waals surface area contributed by atoms with E-state index in [0.717, 1.165) is 29.1 Å². The number of hydrogen-bond donors (Lipinski definition) is 0. The number of hydrogen-bond acceptors (Lipinski definition) is 3. The Morgan fingerprint density at radius 1 is 1.20 bits per heavy atom. The van der Waals surface area contributed by atoms with Crippen LogP contribution < -0.4 is 9.64 Å². The summed E-state index contributed by atoms with van der Waals surface area (Å²) in [5.74, 6) is 1.11. The molecule has 0 radical (unpaired) electrons. The number of aliphatic imine (C=N–C) groups is 1. The summed E-state index contributed by atoms with van der Waals surface area (Å²) in [4.78, 5) is 19.9. The second-order valence-corrected chi connectivity index (χ2v) is 7.47. The van der Waals surface area contributed by atoms with Gasteiger partial charge in [0.1, 0.15) is 11.5 Å². The zero-order chi connectivity index (χ0) is 17.8. The van der Waals surface area contributed by atoms with Crippen LogP contribution in [0.3, 0.4) is 0 Å². The summed E-state index contributed by atoms with van der Waals surface area (Å²) in [6, 6.07) is 13.6. The number of benzene rings is 2. The number of amides is 1. The van der Waals surface area contributed by atoms with Crippen LogP contribution in [0.1, 0.15) is 44.2 Å². The van der Waals surface area contributed by atoms with Crippen molar-refractivity contribution >= 4 is 23.0 Å². The summed E-state index contributed by atoms with van der Waals surface area (Å²) in [7, 11) is 1.66. The van der Waals surface area contributed by atoms with Crippen LogP contribution in [0.4, 0.5) is 11.4 Å². The lowest BCUT2D eigenvalue weighted by Crippen LogP contribution is -2.50. The van der Waals surface area contributed by atoms with Crippen molar-refractivity contribution in [3.05, 3.63) is 53.6 Å². The summed E-state index contributed by atoms with van der Waals surface area (Å²) in [5.41, 5.74) is 4.10. The molecule has 25 heavy (non-hydrogen) atoms. The first-order chi connectivity index (χ1) is 11.9. The summed E-state index contributed by atoms with van der Waals surface area (Å²) in [5, 5.41) is 0. The molecule has 4 heteroatoms. The van der Waals surface area contributed by atoms with Crippen LogP contribution in [0, 0.1) is 0 Å². The normalized spacial score (nSPS) is 22.2. The maximum atomic E-state index is 13.3. The van der Waals surface area contributed by atoms with Crippen LogP contribution in [-0.2, 0) is 4.79 Å². The fraction of sp³-hybridized carbons (Fsp3) is 0.333. The molecule has 2 heterocycles. The van der Waals surface area contributed by atoms with Gasteiger partial charge in [0.15, 0.2) is 0 Å². The van der Waals surface area contributed by atoms with Crippen LogP contribution in [-0.4, -0.2) is 24.3 Å². The number of rotatable bonds is 2. The first kappa shape index (κ1) is 15.9. The van der Waals surface area contributed by atoms with E-state index < -0.39 is 0 Å². The minimum absolute atomic E-state index is 0.0229. The third-order valence-electron chi connectivity index (χ3n) is 5.17. The highest BCUT2D eigenvalue weighted by molar-refractivity contribution is 6.55. The number of carbonyl (C=O) groups is 1. The van der Waals surface area contributed by atoms with Crippen molar-refractivity contribution in [3.8, 4) is 5.75 Å². The van der Waals surface area contributed by atoms with Crippen molar-refractivity contribution in [2.45, 2.75) is 38.6 Å². The Morgan fingerprint density at radius 3 is 2.60 bits per heavy atom. The van der Waals surface area contributed by atoms with Gasteiger partial charge in [-0.1, -0.05) is 25.1 Å². The number of para-hydroxylation sites is 1. The van der Waals surface area contributed by atoms with Crippen molar-refractivity contribution in [3.63, 3.8) is 0 Å². The molecule has 0 N–H and O–H groups in total. The Hall–Kier alpha value is -2.62. The van der Waals surface area contributed by atoms with Gasteiger partial charge < -0.3 is 9.64 Å². The van der Waals surface area contributed by atoms with Gasteiger partial charge in [-0.25, -0.2) is 4.99 Å². The van der Waals surface area contributed by atoms with Gasteiger partial charge in [0.25, 0.3) is 5.91 Å². The zero-order valence-corrected chi connectivity index (χ0v) is 15.0. The molecule has 0 aromatic heterocycles. The number of methoxy groups -OCH3 is 1. The molecule has 0 saturated heterocycles. The SMILES string of the molecule is COc1cc2c3c(c1)C(C)CC(C)(C)N3C(=O)C2=Nc1ccccc1. The molecule has 2 aliphatic rings. The minimum atomic E-state index is -0.235. The van der Waals surface area contributed by atoms with Gasteiger partial charge in [-0.3, -0.25) is 4.79 Å². The van der Waals surface area contributed by atoms with Gasteiger partial charge in [-0.15, -0.1) is 0 Å². The Morgan fingerprint density at radius 2 is 1.92 bits per heavy atom. The van der Waals surface area contributed by atoms with Crippen LogP contribution >= 0.6 is 0 Å². The van der Waals surface area contributed by atoms with Gasteiger partial charge in [-0.05, 0) is 56.0 Å². The van der Waals surface area contributed by atoms with Gasteiger partial charge in [0.05, 0.1) is 18.5 Å². The van der Waals surface area contributed by atoms with E-state index in [1.165, 1.54) is 5.56 Å². The van der Waals surface area contributed by atoms with E-state index in [0.29, 0.717) is 11.6 Å². The van der Waals surface area contributed by atoms with Gasteiger partial charge >= 0.3 is 0 Å². The maximum absolute atomic E-state index is 13.3. The van der Waals surface area contributed by atoms with Crippen molar-refractivity contribution in [1.82, 2.24) is 0 Å². The molecule has 0 bridgehead atoms. The van der Waals surface area contributed by atoms with E-state index in [9.17, 15) is 4.79 Å². The Kier molecular flexibility index (Phi) is 3.46. The van der Waals surface area contributed by atoms with E-state index in [2.05, 4.69) is 31.8 Å². The summed E-state index contributed by atoms with van der Waals surface area (Å²) < 4.78 is 5.49. The molecule has 0 aliphatic carbocycles. The molecular formula is C21H22N2O2. The fourth-order valence-corrected chi connectivity index (χ4v) is 4.14. The van der Waals surface area contributed by atoms with E-state index in [1.807, 2.05) is 41.3 Å². The predicted molar refractivity (Wildman–Crippen MR) is 100 cm³/mol. The molecule has 4 nitrogen and oxygen atoms in total. The third-order valence-corrected chi connectivity index (χ3v) is 5.17. The molecule has 0 fully saturated rings. The number of anilines is 1. The smallest absolute Gasteiger partial charge is 0.278 e. The first-order valence-electron chi connectivity index (χ1n) is 8.63. The Balaban J connectivity index is 1.98. The predicted octanol–water partition coefficient (Wildman–Crippen LogP) is 4.45. The molecule has 0 spiro atoms. The molecule has 1 atom stereocenters. The number of nitrogens with zero attached hydrogens (tertiary/aromatic N) is 2. The van der Waals surface area contributed by atoms with Crippen molar-refractivity contribution < 1.29 is 9.53 Å². The standard InChI is InChI=1S/C21H22N2O2/c1-13-12-21(2,3)23-19-16(13)10-15(25-4)11-17(19)18(20(23)24)22-14-8-6-5-7-9-14/h5-11,13H,12H2,1-4H3. The highest BCUT2D eigenvalue weighted by Gasteiger charge is 2.48. The third kappa shape index (κ3) is 2.36. The van der Waals surface area contributed by atoms with E-state index >= 15 is 0 Å². The summed E-state index contributed by atoms with van der Waals surface area (Å²) in [6.07, 6.45) is 0.914. The molecule has 1 unspecified atom stereocenters. The summed E-state index contributed by atoms with van der Waals surface area (Å²) >= 11 is 0. The van der Waals surface area contributed by atoms with E-state index in [-0.39, 0.29) is 11.4 Å². The fourth-order valence-electron chi connectivity index (χ4n) is 4.14. The van der Waals surface area contributed by atoms with Crippen LogP contribution in [0.25, 0.3) is 0 Å². The van der Waals surface area contributed by atoms with Gasteiger partial charge in [0.2, 0.25) is 0 Å². The molecular weight excluding hydrogens is 312 g/mol. The van der Waals surface area contributed by atoms with Crippen LogP contribution in [0.5, 0.6) is 5.75 Å². The van der Waals surface area contributed by atoms with Crippen molar-refractivity contribution in [1.29, 1.82) is 0 Å². The molecule has 2 aliphatic heterocycles. The minimum Gasteiger partial charge on any atom is -0.497 e. The molecule has 4 rings (SSSR count). The zero-order valence-electron chi connectivity index (χ0n) is 15.0. The summed E-state index contributed by atoms with van der Waals surface area (Å²) in [6.45, 7) is 6.47. The average Bonchev–Trinajstić information content (AvgIpc) is 2.86. The molecule has 2 aromatic rings. The van der Waals surface area contributed by atoms with Crippen molar-refractivity contribution in [2.24, 2.45) is 4.99 Å². The molecule has 1 amide bonds. The first-order valence-corrected chi connectivity index (χ1v) is 8.63. The largest absolute Gasteiger partial charge is 0.497 e. The lowest BCUT2D eigenvalue weighted by atomic mass is 9.80. The van der Waals surface area contributed by atoms with E-state index in [1.54, 1.807) is 7.11 Å². The molecule has 2 aromatic carbocycles. The van der Waals surface area contributed by atoms with Crippen LogP contribution in [0.15, 0.2) is 47.5 Å². The topological polar surface area (TPSA) is 41.9 Å². The second-order valence-electron chi connectivity index (χ2n) is 7.47. The maximum Gasteiger partial charge on any atom is 0.278 e. The average molecular weight is 334 g/mol. The highest BCUT2D eigenvalue weighted by atomic mass is 16.5.